The maximum atomic E-state index is 12.3. The maximum absolute atomic E-state index is 12.3. The molecule has 0 aromatic rings. The van der Waals surface area contributed by atoms with Crippen LogP contribution in [0, 0.1) is 17.8 Å². The van der Waals surface area contributed by atoms with Gasteiger partial charge in [0, 0.05) is 25.3 Å². The van der Waals surface area contributed by atoms with Crippen LogP contribution in [0.15, 0.2) is 15.1 Å². The largest absolute Gasteiger partial charge is 0.381 e. The van der Waals surface area contributed by atoms with E-state index in [-0.39, 0.29) is 17.7 Å². The molecule has 4 aliphatic rings. The number of fused-ring (bicyclic) bond motifs is 1. The van der Waals surface area contributed by atoms with Crippen molar-refractivity contribution in [3.05, 3.63) is 0 Å². The number of hydrogen-bond donors (Lipinski definition) is 0. The Bertz CT molecular complexity index is 544. The van der Waals surface area contributed by atoms with Crippen molar-refractivity contribution in [2.75, 3.05) is 13.2 Å². The van der Waals surface area contributed by atoms with Crippen molar-refractivity contribution in [3.8, 4) is 0 Å². The highest BCUT2D eigenvalue weighted by molar-refractivity contribution is 6.24. The fourth-order valence-electron chi connectivity index (χ4n) is 3.25. The zero-order valence-corrected chi connectivity index (χ0v) is 12.2. The molecule has 0 N–H and O–H groups in total. The third kappa shape index (κ3) is 2.31. The van der Waals surface area contributed by atoms with Crippen molar-refractivity contribution in [1.82, 2.24) is 5.01 Å². The Morgan fingerprint density at radius 2 is 2.00 bits per heavy atom. The van der Waals surface area contributed by atoms with Crippen molar-refractivity contribution in [2.45, 2.75) is 38.6 Å². The minimum atomic E-state index is -0.372. The number of rotatable bonds is 3. The zero-order chi connectivity index (χ0) is 14.4. The number of nitrogens with zero attached hydrogens (tertiary/aromatic N) is 4. The van der Waals surface area contributed by atoms with Crippen molar-refractivity contribution in [1.29, 1.82) is 0 Å². The van der Waals surface area contributed by atoms with E-state index in [4.69, 9.17) is 9.73 Å². The van der Waals surface area contributed by atoms with Crippen LogP contribution in [0.25, 0.3) is 0 Å². The second-order valence-corrected chi connectivity index (χ2v) is 6.33. The highest BCUT2D eigenvalue weighted by Crippen LogP contribution is 2.38. The highest BCUT2D eigenvalue weighted by Gasteiger charge is 2.41. The molecule has 0 radical (unpaired) electrons. The van der Waals surface area contributed by atoms with Gasteiger partial charge in [0.1, 0.15) is 17.6 Å². The summed E-state index contributed by atoms with van der Waals surface area (Å²) >= 11 is 0. The first-order chi connectivity index (χ1) is 10.2. The molecule has 6 heteroatoms. The SMILES string of the molecule is C[C@@H](C1=NC(=O)[C@@H]2C=NN(C3CCOCC3)C2=N1)C1CC1. The predicted molar refractivity (Wildman–Crippen MR) is 79.4 cm³/mol. The van der Waals surface area contributed by atoms with Gasteiger partial charge in [-0.1, -0.05) is 6.92 Å². The molecule has 112 valence electrons. The van der Waals surface area contributed by atoms with E-state index in [0.717, 1.165) is 31.9 Å². The topological polar surface area (TPSA) is 66.6 Å². The van der Waals surface area contributed by atoms with Gasteiger partial charge in [-0.3, -0.25) is 4.79 Å². The van der Waals surface area contributed by atoms with Crippen LogP contribution < -0.4 is 0 Å². The fourth-order valence-corrected chi connectivity index (χ4v) is 3.25. The number of hydrazone groups is 1. The summed E-state index contributed by atoms with van der Waals surface area (Å²) in [5, 5.41) is 6.38. The van der Waals surface area contributed by atoms with Crippen molar-refractivity contribution >= 4 is 23.8 Å². The van der Waals surface area contributed by atoms with Crippen LogP contribution in [0.3, 0.4) is 0 Å². The van der Waals surface area contributed by atoms with Gasteiger partial charge in [-0.05, 0) is 31.6 Å². The lowest BCUT2D eigenvalue weighted by atomic mass is 10.0. The Labute approximate surface area is 124 Å². The summed E-state index contributed by atoms with van der Waals surface area (Å²) in [5.41, 5.74) is 0. The van der Waals surface area contributed by atoms with Crippen LogP contribution in [0.2, 0.25) is 0 Å². The lowest BCUT2D eigenvalue weighted by molar-refractivity contribution is -0.118. The summed E-state index contributed by atoms with van der Waals surface area (Å²) in [4.78, 5) is 21.2. The van der Waals surface area contributed by atoms with E-state index in [1.807, 2.05) is 5.01 Å². The van der Waals surface area contributed by atoms with Crippen LogP contribution in [-0.2, 0) is 9.53 Å². The van der Waals surface area contributed by atoms with Gasteiger partial charge < -0.3 is 4.74 Å². The van der Waals surface area contributed by atoms with E-state index in [9.17, 15) is 4.79 Å². The first kappa shape index (κ1) is 13.1. The Morgan fingerprint density at radius 1 is 1.24 bits per heavy atom. The lowest BCUT2D eigenvalue weighted by Crippen LogP contribution is -2.43. The molecule has 0 spiro atoms. The van der Waals surface area contributed by atoms with Crippen LogP contribution in [0.5, 0.6) is 0 Å². The van der Waals surface area contributed by atoms with Crippen LogP contribution in [0.1, 0.15) is 32.6 Å². The molecule has 1 aliphatic carbocycles. The van der Waals surface area contributed by atoms with Crippen molar-refractivity contribution in [3.63, 3.8) is 0 Å². The van der Waals surface area contributed by atoms with Gasteiger partial charge in [-0.2, -0.15) is 10.1 Å². The Morgan fingerprint density at radius 3 is 2.71 bits per heavy atom. The van der Waals surface area contributed by atoms with Crippen LogP contribution in [0.4, 0.5) is 0 Å². The molecule has 21 heavy (non-hydrogen) atoms. The standard InChI is InChI=1S/C15H20N4O2/c1-9(10-2-3-10)13-17-14-12(15(20)18-13)8-16-19(14)11-4-6-21-7-5-11/h8-12H,2-7H2,1H3/t9-,12-/m1/s1. The molecule has 6 nitrogen and oxygen atoms in total. The third-order valence-corrected chi connectivity index (χ3v) is 4.85. The average molecular weight is 288 g/mol. The number of amidine groups is 2. The molecule has 0 unspecified atom stereocenters. The second kappa shape index (κ2) is 5.02. The summed E-state index contributed by atoms with van der Waals surface area (Å²) in [6.45, 7) is 3.63. The van der Waals surface area contributed by atoms with E-state index in [0.29, 0.717) is 17.8 Å². The van der Waals surface area contributed by atoms with Gasteiger partial charge in [-0.25, -0.2) is 10.0 Å². The fraction of sp³-hybridized carbons (Fsp3) is 0.733. The zero-order valence-electron chi connectivity index (χ0n) is 12.2. The summed E-state index contributed by atoms with van der Waals surface area (Å²) < 4.78 is 5.41. The Hall–Kier alpha value is -1.56. The maximum Gasteiger partial charge on any atom is 0.263 e. The molecule has 1 saturated carbocycles. The smallest absolute Gasteiger partial charge is 0.263 e. The van der Waals surface area contributed by atoms with E-state index in [1.54, 1.807) is 6.21 Å². The lowest BCUT2D eigenvalue weighted by Gasteiger charge is -2.31. The molecule has 2 fully saturated rings. The van der Waals surface area contributed by atoms with E-state index in [2.05, 4.69) is 17.0 Å². The summed E-state index contributed by atoms with van der Waals surface area (Å²) in [7, 11) is 0. The Kier molecular flexibility index (Phi) is 3.14. The van der Waals surface area contributed by atoms with Gasteiger partial charge >= 0.3 is 0 Å². The van der Waals surface area contributed by atoms with Gasteiger partial charge in [0.05, 0.1) is 6.04 Å². The van der Waals surface area contributed by atoms with Gasteiger partial charge in [-0.15, -0.1) is 0 Å². The normalized spacial score (nSPS) is 31.0. The molecule has 1 saturated heterocycles. The monoisotopic (exact) mass is 288 g/mol. The first-order valence-corrected chi connectivity index (χ1v) is 7.86. The molecule has 0 aromatic heterocycles. The van der Waals surface area contributed by atoms with Gasteiger partial charge in [0.2, 0.25) is 0 Å². The van der Waals surface area contributed by atoms with Gasteiger partial charge in [0.15, 0.2) is 0 Å². The number of hydrogen-bond acceptors (Lipinski definition) is 5. The molecular formula is C15H20N4O2. The molecule has 1 amide bonds. The molecule has 4 rings (SSSR count). The minimum absolute atomic E-state index is 0.110. The Balaban J connectivity index is 1.60. The second-order valence-electron chi connectivity index (χ2n) is 6.33. The number of ether oxygens (including phenoxy) is 1. The highest BCUT2D eigenvalue weighted by atomic mass is 16.5. The van der Waals surface area contributed by atoms with Crippen LogP contribution >= 0.6 is 0 Å². The number of amides is 1. The molecule has 3 heterocycles. The predicted octanol–water partition coefficient (Wildman–Crippen LogP) is 1.47. The van der Waals surface area contributed by atoms with E-state index >= 15 is 0 Å². The number of carbonyl (C=O) groups excluding carboxylic acids is 1. The third-order valence-electron chi connectivity index (χ3n) is 4.85. The van der Waals surface area contributed by atoms with E-state index < -0.39 is 0 Å². The molecule has 0 aromatic carbocycles. The molecular weight excluding hydrogens is 268 g/mol. The average Bonchev–Trinajstić information content (AvgIpc) is 3.27. The summed E-state index contributed by atoms with van der Waals surface area (Å²) in [6.07, 6.45) is 6.01. The quantitative estimate of drug-likeness (QED) is 0.789. The molecule has 3 aliphatic heterocycles. The van der Waals surface area contributed by atoms with Crippen molar-refractivity contribution in [2.24, 2.45) is 32.8 Å². The first-order valence-electron chi connectivity index (χ1n) is 7.86. The van der Waals surface area contributed by atoms with E-state index in [1.165, 1.54) is 12.8 Å². The number of aliphatic imine (C=N–C) groups is 2. The summed E-state index contributed by atoms with van der Waals surface area (Å²) in [5.74, 6) is 1.93. The number of carbonyl (C=O) groups is 1. The van der Waals surface area contributed by atoms with Gasteiger partial charge in [0.25, 0.3) is 5.91 Å². The summed E-state index contributed by atoms with van der Waals surface area (Å²) in [6, 6.07) is 0.294. The molecule has 0 bridgehead atoms. The van der Waals surface area contributed by atoms with Crippen molar-refractivity contribution < 1.29 is 9.53 Å². The minimum Gasteiger partial charge on any atom is -0.381 e. The molecule has 2 atom stereocenters. The van der Waals surface area contributed by atoms with Crippen LogP contribution in [-0.4, -0.2) is 48.1 Å².